The molecule has 0 atom stereocenters. The number of rotatable bonds is 8. The Balaban J connectivity index is 1.58. The maximum atomic E-state index is 14.0. The van der Waals surface area contributed by atoms with Crippen LogP contribution in [0.3, 0.4) is 0 Å². The summed E-state index contributed by atoms with van der Waals surface area (Å²) in [4.78, 5) is 15.9. The van der Waals surface area contributed by atoms with Gasteiger partial charge in [-0.1, -0.05) is 11.6 Å². The first-order chi connectivity index (χ1) is 17.4. The van der Waals surface area contributed by atoms with E-state index in [-0.39, 0.29) is 18.2 Å². The molecule has 202 valence electrons. The molecule has 1 amide bonds. The van der Waals surface area contributed by atoms with Gasteiger partial charge < -0.3 is 10.4 Å². The Hall–Kier alpha value is -1.98. The molecule has 1 saturated carbocycles. The number of hydrogen-bond donors (Lipinski definition) is 3. The summed E-state index contributed by atoms with van der Waals surface area (Å²) < 4.78 is 26.8. The van der Waals surface area contributed by atoms with E-state index in [1.165, 1.54) is 0 Å². The minimum Gasteiger partial charge on any atom is -0.389 e. The van der Waals surface area contributed by atoms with Gasteiger partial charge in [0.2, 0.25) is 5.03 Å². The number of aliphatic hydroxyl groups is 1. The van der Waals surface area contributed by atoms with E-state index in [0.29, 0.717) is 12.2 Å². The average Bonchev–Trinajstić information content (AvgIpc) is 3.53. The summed E-state index contributed by atoms with van der Waals surface area (Å²) in [7, 11) is -2.43. The Kier molecular flexibility index (Phi) is 6.94. The minimum absolute atomic E-state index is 0.0305. The van der Waals surface area contributed by atoms with E-state index in [4.69, 9.17) is 16.7 Å². The van der Waals surface area contributed by atoms with Crippen molar-refractivity contribution in [1.82, 2.24) is 14.7 Å². The van der Waals surface area contributed by atoms with Crippen LogP contribution < -0.4 is 10.5 Å². The molecule has 11 heteroatoms. The zero-order valence-corrected chi connectivity index (χ0v) is 23.3. The number of halogens is 1. The number of hydrogen-bond acceptors (Lipinski definition) is 6. The summed E-state index contributed by atoms with van der Waals surface area (Å²) >= 11 is 6.75. The predicted molar refractivity (Wildman–Crippen MR) is 143 cm³/mol. The Bertz CT molecular complexity index is 1330. The summed E-state index contributed by atoms with van der Waals surface area (Å²) in [5.41, 5.74) is 4.74. The van der Waals surface area contributed by atoms with Crippen molar-refractivity contribution in [3.8, 4) is 0 Å². The number of fused-ring (bicyclic) bond motifs is 2. The topological polar surface area (TPSA) is 131 Å². The molecular weight excluding hydrogens is 514 g/mol. The number of benzene rings is 1. The molecule has 0 radical (unpaired) electrons. The standard InChI is InChI=1S/C26H36ClN5O4S/c1-15(2)32-20(13-31(3)14-26(34)11-6-12-26)21(25(30-32)37(28,35)36)24(33)29-23-18-9-4-7-16(18)22(27)17-8-5-10-19(17)23/h15,34H,4-14H2,1-3H3,(H,29,33)(H2,28,35,36). The third-order valence-corrected chi connectivity index (χ3v) is 9.32. The highest BCUT2D eigenvalue weighted by Gasteiger charge is 2.37. The second-order valence-corrected chi connectivity index (χ2v) is 13.1. The summed E-state index contributed by atoms with van der Waals surface area (Å²) in [5, 5.41) is 24.1. The van der Waals surface area contributed by atoms with Gasteiger partial charge in [0.05, 0.1) is 11.3 Å². The van der Waals surface area contributed by atoms with Gasteiger partial charge in [-0.15, -0.1) is 0 Å². The van der Waals surface area contributed by atoms with Crippen LogP contribution in [0.25, 0.3) is 0 Å². The number of nitrogens with one attached hydrogen (secondary N) is 1. The van der Waals surface area contributed by atoms with Crippen molar-refractivity contribution in [2.24, 2.45) is 5.14 Å². The molecule has 0 bridgehead atoms. The molecule has 37 heavy (non-hydrogen) atoms. The highest BCUT2D eigenvalue weighted by Crippen LogP contribution is 2.44. The van der Waals surface area contributed by atoms with Crippen LogP contribution in [0.2, 0.25) is 5.02 Å². The summed E-state index contributed by atoms with van der Waals surface area (Å²) in [6, 6.07) is -0.207. The smallest absolute Gasteiger partial charge is 0.260 e. The number of anilines is 1. The van der Waals surface area contributed by atoms with Crippen molar-refractivity contribution in [2.75, 3.05) is 18.9 Å². The fourth-order valence-corrected chi connectivity index (χ4v) is 7.34. The molecule has 1 aromatic carbocycles. The van der Waals surface area contributed by atoms with Crippen LogP contribution in [0.4, 0.5) is 5.69 Å². The number of amides is 1. The first-order valence-electron chi connectivity index (χ1n) is 13.1. The minimum atomic E-state index is -4.28. The van der Waals surface area contributed by atoms with Crippen molar-refractivity contribution in [3.63, 3.8) is 0 Å². The van der Waals surface area contributed by atoms with E-state index in [1.807, 2.05) is 25.8 Å². The maximum absolute atomic E-state index is 14.0. The Morgan fingerprint density at radius 1 is 1.14 bits per heavy atom. The Morgan fingerprint density at radius 2 is 1.70 bits per heavy atom. The molecular formula is C26H36ClN5O4S. The normalized spacial score (nSPS) is 18.3. The van der Waals surface area contributed by atoms with E-state index < -0.39 is 26.6 Å². The summed E-state index contributed by atoms with van der Waals surface area (Å²) in [5.74, 6) is -0.535. The van der Waals surface area contributed by atoms with Gasteiger partial charge in [-0.2, -0.15) is 5.10 Å². The number of carbonyl (C=O) groups is 1. The number of likely N-dealkylation sites (N-methyl/N-ethyl adjacent to an activating group) is 1. The molecule has 3 aliphatic carbocycles. The molecule has 2 aromatic rings. The fourth-order valence-electron chi connectivity index (χ4n) is 6.22. The third kappa shape index (κ3) is 4.83. The van der Waals surface area contributed by atoms with Gasteiger partial charge in [-0.05, 0) is 101 Å². The van der Waals surface area contributed by atoms with Gasteiger partial charge in [0.25, 0.3) is 15.9 Å². The van der Waals surface area contributed by atoms with E-state index >= 15 is 0 Å². The van der Waals surface area contributed by atoms with Gasteiger partial charge in [-0.3, -0.25) is 14.4 Å². The van der Waals surface area contributed by atoms with Crippen molar-refractivity contribution in [2.45, 2.75) is 94.8 Å². The lowest BCUT2D eigenvalue weighted by molar-refractivity contribution is -0.0559. The molecule has 1 fully saturated rings. The lowest BCUT2D eigenvalue weighted by atomic mass is 9.80. The lowest BCUT2D eigenvalue weighted by Gasteiger charge is -2.39. The molecule has 4 N–H and O–H groups in total. The van der Waals surface area contributed by atoms with Crippen molar-refractivity contribution < 1.29 is 18.3 Å². The monoisotopic (exact) mass is 549 g/mol. The number of sulfonamides is 1. The van der Waals surface area contributed by atoms with Crippen molar-refractivity contribution >= 4 is 33.2 Å². The van der Waals surface area contributed by atoms with Crippen LogP contribution in [0.1, 0.15) is 90.3 Å². The van der Waals surface area contributed by atoms with Gasteiger partial charge in [-0.25, -0.2) is 13.6 Å². The van der Waals surface area contributed by atoms with Crippen molar-refractivity contribution in [3.05, 3.63) is 38.5 Å². The highest BCUT2D eigenvalue weighted by molar-refractivity contribution is 7.89. The predicted octanol–water partition coefficient (Wildman–Crippen LogP) is 3.34. The third-order valence-electron chi connectivity index (χ3n) is 8.04. The zero-order chi connectivity index (χ0) is 26.7. The Morgan fingerprint density at radius 3 is 2.19 bits per heavy atom. The van der Waals surface area contributed by atoms with Gasteiger partial charge >= 0.3 is 0 Å². The molecule has 0 unspecified atom stereocenters. The van der Waals surface area contributed by atoms with Crippen LogP contribution >= 0.6 is 11.6 Å². The van der Waals surface area contributed by atoms with Gasteiger partial charge in [0.15, 0.2) is 0 Å². The molecule has 5 rings (SSSR count). The van der Waals surface area contributed by atoms with E-state index in [9.17, 15) is 18.3 Å². The molecule has 9 nitrogen and oxygen atoms in total. The number of nitrogens with two attached hydrogens (primary N) is 1. The molecule has 0 saturated heterocycles. The summed E-state index contributed by atoms with van der Waals surface area (Å²) in [6.45, 7) is 4.41. The number of aromatic nitrogens is 2. The van der Waals surface area contributed by atoms with E-state index in [2.05, 4.69) is 10.4 Å². The highest BCUT2D eigenvalue weighted by atomic mass is 35.5. The van der Waals surface area contributed by atoms with E-state index in [0.717, 1.165) is 90.8 Å². The number of carbonyl (C=O) groups excluding carboxylic acids is 1. The van der Waals surface area contributed by atoms with E-state index in [1.54, 1.807) is 4.68 Å². The SMILES string of the molecule is CC(C)n1nc(S(N)(=O)=O)c(C(=O)Nc2c3c(c(Cl)c4c2CCC4)CCC3)c1CN(C)CC1(O)CCC1. The van der Waals surface area contributed by atoms with Crippen LogP contribution in [0.5, 0.6) is 0 Å². The van der Waals surface area contributed by atoms with Crippen LogP contribution in [-0.2, 0) is 42.3 Å². The van der Waals surface area contributed by atoms with Crippen LogP contribution in [0, 0.1) is 0 Å². The number of primary sulfonamides is 1. The van der Waals surface area contributed by atoms with Gasteiger partial charge in [0, 0.05) is 29.8 Å². The maximum Gasteiger partial charge on any atom is 0.260 e. The van der Waals surface area contributed by atoms with Crippen molar-refractivity contribution in [1.29, 1.82) is 0 Å². The quantitative estimate of drug-likeness (QED) is 0.463. The van der Waals surface area contributed by atoms with Crippen LogP contribution in [-0.4, -0.2) is 53.3 Å². The average molecular weight is 550 g/mol. The zero-order valence-electron chi connectivity index (χ0n) is 21.7. The number of nitrogens with zero attached hydrogens (tertiary/aromatic N) is 3. The first-order valence-corrected chi connectivity index (χ1v) is 15.0. The first kappa shape index (κ1) is 26.6. The molecule has 3 aliphatic rings. The van der Waals surface area contributed by atoms with Crippen LogP contribution in [0.15, 0.2) is 5.03 Å². The molecule has 1 aromatic heterocycles. The Labute approximate surface area is 223 Å². The second kappa shape index (κ2) is 9.64. The second-order valence-electron chi connectivity index (χ2n) is 11.2. The molecule has 1 heterocycles. The molecule has 0 aliphatic heterocycles. The lowest BCUT2D eigenvalue weighted by Crippen LogP contribution is -2.46. The molecule has 0 spiro atoms. The largest absolute Gasteiger partial charge is 0.389 e. The summed E-state index contributed by atoms with van der Waals surface area (Å²) in [6.07, 6.45) is 7.74. The van der Waals surface area contributed by atoms with Gasteiger partial charge in [0.1, 0.15) is 5.56 Å². The fraction of sp³-hybridized carbons (Fsp3) is 0.615.